The van der Waals surface area contributed by atoms with E-state index in [-0.39, 0.29) is 28.7 Å². The Labute approximate surface area is 227 Å². The number of imidazole rings is 1. The van der Waals surface area contributed by atoms with Crippen LogP contribution in [-0.4, -0.2) is 75.0 Å². The van der Waals surface area contributed by atoms with Crippen LogP contribution in [0.4, 0.5) is 20.5 Å². The van der Waals surface area contributed by atoms with Crippen LogP contribution in [0.2, 0.25) is 0 Å². The number of carbonyl (C=O) groups excluding carboxylic acids is 1. The summed E-state index contributed by atoms with van der Waals surface area (Å²) in [5.41, 5.74) is 3.34. The third-order valence-corrected chi connectivity index (χ3v) is 8.45. The van der Waals surface area contributed by atoms with Gasteiger partial charge in [0.25, 0.3) is 5.85 Å². The van der Waals surface area contributed by atoms with Gasteiger partial charge < -0.3 is 34.7 Å². The molecule has 3 aromatic rings. The second-order valence-corrected chi connectivity index (χ2v) is 12.0. The zero-order valence-corrected chi connectivity index (χ0v) is 23.1. The molecule has 2 aromatic heterocycles. The normalized spacial score (nSPS) is 27.2. The quantitative estimate of drug-likeness (QED) is 0.201. The summed E-state index contributed by atoms with van der Waals surface area (Å²) >= 11 is 5.52. The van der Waals surface area contributed by atoms with E-state index in [1.165, 1.54) is 20.4 Å². The van der Waals surface area contributed by atoms with Gasteiger partial charge in [0.05, 0.1) is 13.4 Å². The van der Waals surface area contributed by atoms with E-state index in [2.05, 4.69) is 25.4 Å². The zero-order chi connectivity index (χ0) is 28.6. The van der Waals surface area contributed by atoms with E-state index in [0.29, 0.717) is 0 Å². The Morgan fingerprint density at radius 1 is 1.36 bits per heavy atom. The maximum atomic E-state index is 16.2. The number of aliphatic hydroxyl groups is 1. The maximum Gasteiger partial charge on any atom is 0.323 e. The number of rotatable bonds is 10. The molecule has 5 N–H and O–H groups in total. The third-order valence-electron chi connectivity index (χ3n) is 5.97. The van der Waals surface area contributed by atoms with Gasteiger partial charge in [-0.2, -0.15) is 9.97 Å². The van der Waals surface area contributed by atoms with Crippen molar-refractivity contribution in [1.29, 1.82) is 0 Å². The lowest BCUT2D eigenvalue weighted by Gasteiger charge is -2.30. The summed E-state index contributed by atoms with van der Waals surface area (Å²) in [5, 5.41) is 16.3. The highest BCUT2D eigenvalue weighted by molar-refractivity contribution is 8.09. The fourth-order valence-electron chi connectivity index (χ4n) is 3.99. The molecule has 1 saturated heterocycles. The molecule has 17 heteroatoms. The number of methoxy groups -OCH3 is 1. The molecule has 0 unspecified atom stereocenters. The van der Waals surface area contributed by atoms with E-state index < -0.39 is 49.1 Å². The Kier molecular flexibility index (Phi) is 8.08. The fourth-order valence-corrected chi connectivity index (χ4v) is 6.39. The molecule has 6 atom stereocenters. The van der Waals surface area contributed by atoms with E-state index in [1.54, 1.807) is 37.4 Å². The van der Waals surface area contributed by atoms with Crippen LogP contribution >= 0.6 is 6.64 Å². The Morgan fingerprint density at radius 3 is 2.69 bits per heavy atom. The van der Waals surface area contributed by atoms with Crippen LogP contribution in [0.15, 0.2) is 36.7 Å². The summed E-state index contributed by atoms with van der Waals surface area (Å²) in [5.74, 6) is -3.40. The number of fused-ring (bicyclic) bond motifs is 1. The smallest absolute Gasteiger partial charge is 0.323 e. The first-order chi connectivity index (χ1) is 18.3. The highest BCUT2D eigenvalue weighted by Gasteiger charge is 2.65. The van der Waals surface area contributed by atoms with Crippen LogP contribution in [0.3, 0.4) is 0 Å². The molecular weight excluding hydrogens is 559 g/mol. The van der Waals surface area contributed by atoms with Crippen LogP contribution < -0.4 is 20.7 Å². The van der Waals surface area contributed by atoms with Gasteiger partial charge in [-0.15, -0.1) is 0 Å². The van der Waals surface area contributed by atoms with Crippen molar-refractivity contribution in [3.05, 3.63) is 36.7 Å². The monoisotopic (exact) mass is 587 g/mol. The average Bonchev–Trinajstić information content (AvgIpc) is 3.39. The fraction of sp³-hybridized carbons (Fsp3) is 0.455. The molecule has 3 heterocycles. The minimum atomic E-state index is -3.70. The summed E-state index contributed by atoms with van der Waals surface area (Å²) in [6, 6.07) is 7.23. The molecule has 1 aromatic carbocycles. The average molecular weight is 588 g/mol. The van der Waals surface area contributed by atoms with Crippen LogP contribution in [0.1, 0.15) is 20.1 Å². The second-order valence-electron chi connectivity index (χ2n) is 8.86. The molecule has 212 valence electrons. The van der Waals surface area contributed by atoms with E-state index in [4.69, 9.17) is 36.1 Å². The minimum absolute atomic E-state index is 0.0455. The van der Waals surface area contributed by atoms with Crippen molar-refractivity contribution in [1.82, 2.24) is 24.6 Å². The summed E-state index contributed by atoms with van der Waals surface area (Å²) in [7, 11) is 2.76. The number of esters is 1. The van der Waals surface area contributed by atoms with Gasteiger partial charge in [-0.25, -0.2) is 18.9 Å². The zero-order valence-electron chi connectivity index (χ0n) is 21.4. The number of para-hydroxylation sites is 1. The number of halogens is 2. The third kappa shape index (κ3) is 5.66. The number of carbonyl (C=O) groups is 1. The molecule has 0 amide bonds. The number of hydrogen-bond donors (Lipinski definition) is 4. The number of aliphatic hydroxyl groups excluding tert-OH is 1. The molecule has 0 saturated carbocycles. The molecule has 13 nitrogen and oxygen atoms in total. The minimum Gasteiger partial charge on any atom is -0.468 e. The summed E-state index contributed by atoms with van der Waals surface area (Å²) in [6.45, 7) is -2.34. The number of anilines is 2. The first-order valence-electron chi connectivity index (χ1n) is 11.6. The van der Waals surface area contributed by atoms with Crippen molar-refractivity contribution in [3.8, 4) is 5.75 Å². The lowest BCUT2D eigenvalue weighted by atomic mass is 9.97. The molecule has 1 aliphatic rings. The van der Waals surface area contributed by atoms with Crippen molar-refractivity contribution >= 4 is 47.3 Å². The number of nitrogen functional groups attached to an aromatic ring is 1. The Morgan fingerprint density at radius 2 is 2.05 bits per heavy atom. The second kappa shape index (κ2) is 10.9. The number of nitrogens with zero attached hydrogens (tertiary/aromatic N) is 4. The predicted octanol–water partition coefficient (Wildman–Crippen LogP) is 2.21. The van der Waals surface area contributed by atoms with Crippen LogP contribution in [0.5, 0.6) is 5.75 Å². The van der Waals surface area contributed by atoms with Crippen LogP contribution in [0.25, 0.3) is 11.2 Å². The molecule has 1 fully saturated rings. The highest BCUT2D eigenvalue weighted by Crippen LogP contribution is 2.52. The largest absolute Gasteiger partial charge is 0.468 e. The Bertz CT molecular complexity index is 1400. The van der Waals surface area contributed by atoms with Gasteiger partial charge in [0, 0.05) is 7.05 Å². The lowest BCUT2D eigenvalue weighted by Crippen LogP contribution is -2.47. The highest BCUT2D eigenvalue weighted by atomic mass is 32.5. The predicted molar refractivity (Wildman–Crippen MR) is 141 cm³/mol. The van der Waals surface area contributed by atoms with Gasteiger partial charge in [0.1, 0.15) is 18.4 Å². The van der Waals surface area contributed by atoms with Gasteiger partial charge in [-0.1, -0.05) is 18.2 Å². The van der Waals surface area contributed by atoms with Crippen molar-refractivity contribution in [2.24, 2.45) is 0 Å². The number of alkyl halides is 2. The SMILES string of the molecule is CNc1nc(N)nc2c1ncn2[C@@H]1O[C@](F)(CO[P@@](=S)(N[C@@H](C)C(=O)OC)Oc2ccccc2)[C@@H](O)[C@@]1(C)F. The van der Waals surface area contributed by atoms with E-state index >= 15 is 8.78 Å². The molecule has 0 radical (unpaired) electrons. The first-order valence-corrected chi connectivity index (χ1v) is 14.2. The standard InChI is InChI=1S/C22H28F2N7O6PS/c1-12(17(32)34-4)30-38(39,37-13-8-6-5-7-9-13)35-10-22(24)18(33)21(2,23)19(36-22)31-11-27-14-15(26-3)28-20(25)29-16(14)31/h5-9,11-12,18-19,33H,10H2,1-4H3,(H,30,39)(H3,25,26,28,29)/t12-,18-,19+,21+,22+,38-/m0/s1. The van der Waals surface area contributed by atoms with Crippen molar-refractivity contribution < 1.29 is 37.2 Å². The van der Waals surface area contributed by atoms with Crippen molar-refractivity contribution in [3.63, 3.8) is 0 Å². The van der Waals surface area contributed by atoms with Crippen LogP contribution in [-0.2, 0) is 30.6 Å². The lowest BCUT2D eigenvalue weighted by molar-refractivity contribution is -0.202. The number of hydrogen-bond acceptors (Lipinski definition) is 12. The van der Waals surface area contributed by atoms with E-state index in [1.807, 2.05) is 0 Å². The van der Waals surface area contributed by atoms with Crippen LogP contribution in [0, 0.1) is 0 Å². The number of ether oxygens (including phenoxy) is 2. The Hall–Kier alpha value is -3.01. The number of nitrogens with one attached hydrogen (secondary N) is 2. The first kappa shape index (κ1) is 29.0. The van der Waals surface area contributed by atoms with Crippen molar-refractivity contribution in [2.75, 3.05) is 31.8 Å². The molecular formula is C22H28F2N7O6PS. The number of nitrogens with two attached hydrogens (primary N) is 1. The maximum absolute atomic E-state index is 16.2. The summed E-state index contributed by atoms with van der Waals surface area (Å²) in [4.78, 5) is 24.3. The number of benzene rings is 1. The molecule has 0 spiro atoms. The topological polar surface area (TPSA) is 168 Å². The molecule has 39 heavy (non-hydrogen) atoms. The Balaban J connectivity index is 1.62. The van der Waals surface area contributed by atoms with Gasteiger partial charge in [-0.3, -0.25) is 9.36 Å². The summed E-state index contributed by atoms with van der Waals surface area (Å²) in [6.07, 6.45) is -2.90. The van der Waals surface area contributed by atoms with Gasteiger partial charge in [-0.05, 0) is 37.8 Å². The van der Waals surface area contributed by atoms with E-state index in [0.717, 1.165) is 11.5 Å². The van der Waals surface area contributed by atoms with Crippen molar-refractivity contribution in [2.45, 2.75) is 43.7 Å². The molecule has 0 aliphatic carbocycles. The summed E-state index contributed by atoms with van der Waals surface area (Å²) < 4.78 is 54.8. The molecule has 0 bridgehead atoms. The van der Waals surface area contributed by atoms with Gasteiger partial charge in [0.15, 0.2) is 35.0 Å². The molecule has 1 aliphatic heterocycles. The number of aromatic nitrogens is 4. The van der Waals surface area contributed by atoms with Gasteiger partial charge in [0.2, 0.25) is 5.95 Å². The molecule has 4 rings (SSSR count). The van der Waals surface area contributed by atoms with E-state index in [9.17, 15) is 9.90 Å². The van der Waals surface area contributed by atoms with Gasteiger partial charge >= 0.3 is 12.6 Å².